The van der Waals surface area contributed by atoms with E-state index in [1.54, 1.807) is 28.2 Å². The quantitative estimate of drug-likeness (QED) is 0.666. The van der Waals surface area contributed by atoms with Crippen LogP contribution in [-0.4, -0.2) is 54.8 Å². The van der Waals surface area contributed by atoms with Crippen molar-refractivity contribution in [1.82, 2.24) is 9.80 Å². The molecule has 5 nitrogen and oxygen atoms in total. The Kier molecular flexibility index (Phi) is 4.85. The van der Waals surface area contributed by atoms with E-state index in [4.69, 9.17) is 0 Å². The number of carbonyl (C=O) groups is 2. The molecule has 0 fully saturated rings. The van der Waals surface area contributed by atoms with Crippen molar-refractivity contribution in [2.75, 3.05) is 28.2 Å². The topological polar surface area (TPSA) is 60.9 Å². The van der Waals surface area contributed by atoms with Gasteiger partial charge >= 0.3 is 0 Å². The molecular formula is C14H17FN2O3. The Labute approximate surface area is 116 Å². The van der Waals surface area contributed by atoms with Crippen molar-refractivity contribution in [3.8, 4) is 5.75 Å². The van der Waals surface area contributed by atoms with Crippen LogP contribution in [0.3, 0.4) is 0 Å². The summed E-state index contributed by atoms with van der Waals surface area (Å²) in [5, 5.41) is 9.56. The molecule has 0 unspecified atom stereocenters. The number of rotatable bonds is 4. The van der Waals surface area contributed by atoms with Crippen molar-refractivity contribution in [1.29, 1.82) is 0 Å². The molecule has 0 atom stereocenters. The van der Waals surface area contributed by atoms with Crippen molar-refractivity contribution in [2.24, 2.45) is 0 Å². The van der Waals surface area contributed by atoms with Crippen LogP contribution in [0.4, 0.5) is 4.39 Å². The summed E-state index contributed by atoms with van der Waals surface area (Å²) in [7, 11) is 6.40. The summed E-state index contributed by atoms with van der Waals surface area (Å²) in [6.45, 7) is 0. The van der Waals surface area contributed by atoms with Gasteiger partial charge in [0.2, 0.25) is 0 Å². The second-order valence-electron chi connectivity index (χ2n) is 4.65. The van der Waals surface area contributed by atoms with E-state index in [2.05, 4.69) is 0 Å². The van der Waals surface area contributed by atoms with Gasteiger partial charge in [-0.2, -0.15) is 0 Å². The van der Waals surface area contributed by atoms with E-state index < -0.39 is 17.3 Å². The zero-order chi connectivity index (χ0) is 15.4. The number of halogens is 1. The number of phenolic OH excluding ortho intramolecular Hbond substituents is 1. The Morgan fingerprint density at radius 3 is 2.20 bits per heavy atom. The maximum Gasteiger partial charge on any atom is 0.269 e. The molecule has 0 saturated heterocycles. The van der Waals surface area contributed by atoms with Gasteiger partial charge in [0.15, 0.2) is 5.78 Å². The summed E-state index contributed by atoms with van der Waals surface area (Å²) in [4.78, 5) is 26.8. The Hall–Kier alpha value is -2.37. The van der Waals surface area contributed by atoms with Gasteiger partial charge in [0.1, 0.15) is 17.3 Å². The summed E-state index contributed by atoms with van der Waals surface area (Å²) in [5.41, 5.74) is 0.112. The van der Waals surface area contributed by atoms with Gasteiger partial charge in [0.05, 0.1) is 5.56 Å². The minimum Gasteiger partial charge on any atom is -0.507 e. The number of ketones is 1. The summed E-state index contributed by atoms with van der Waals surface area (Å²) in [5.74, 6) is -2.01. The van der Waals surface area contributed by atoms with Gasteiger partial charge in [0.25, 0.3) is 5.91 Å². The van der Waals surface area contributed by atoms with Gasteiger partial charge in [-0.3, -0.25) is 9.59 Å². The van der Waals surface area contributed by atoms with Gasteiger partial charge in [-0.25, -0.2) is 4.39 Å². The molecule has 0 bridgehead atoms. The molecule has 1 N–H and O–H groups in total. The molecule has 20 heavy (non-hydrogen) atoms. The minimum absolute atomic E-state index is 0.0580. The molecule has 0 aliphatic rings. The molecule has 6 heteroatoms. The number of amides is 1. The fourth-order valence-corrected chi connectivity index (χ4v) is 1.53. The molecule has 0 saturated carbocycles. The summed E-state index contributed by atoms with van der Waals surface area (Å²) in [6.07, 6.45) is 1.12. The number of benzene rings is 1. The second kappa shape index (κ2) is 6.18. The number of likely N-dealkylation sites (N-methyl/N-ethyl adjacent to an activating group) is 2. The van der Waals surface area contributed by atoms with Crippen LogP contribution >= 0.6 is 0 Å². The Bertz CT molecular complexity index is 566. The lowest BCUT2D eigenvalue weighted by molar-refractivity contribution is -0.126. The Balaban J connectivity index is 3.17. The van der Waals surface area contributed by atoms with Gasteiger partial charge < -0.3 is 14.9 Å². The first-order valence-electron chi connectivity index (χ1n) is 5.87. The Morgan fingerprint density at radius 2 is 1.75 bits per heavy atom. The first-order valence-corrected chi connectivity index (χ1v) is 5.87. The molecule has 1 aromatic carbocycles. The number of allylic oxidation sites excluding steroid dienone is 1. The molecular weight excluding hydrogens is 263 g/mol. The van der Waals surface area contributed by atoms with Gasteiger partial charge in [-0.05, 0) is 12.1 Å². The van der Waals surface area contributed by atoms with Gasteiger partial charge in [-0.1, -0.05) is 0 Å². The van der Waals surface area contributed by atoms with Crippen molar-refractivity contribution < 1.29 is 19.1 Å². The standard InChI is InChI=1S/C14H17FN2O3/c1-16(2)11(14(20)17(3)4)8-13(19)10-6-5-9(15)7-12(10)18/h5-8,18H,1-4H3/b11-8+. The normalized spacial score (nSPS) is 11.2. The van der Waals surface area contributed by atoms with Crippen molar-refractivity contribution >= 4 is 11.7 Å². The van der Waals surface area contributed by atoms with Crippen molar-refractivity contribution in [3.05, 3.63) is 41.4 Å². The van der Waals surface area contributed by atoms with E-state index in [0.717, 1.165) is 18.2 Å². The molecule has 1 aromatic rings. The lowest BCUT2D eigenvalue weighted by Gasteiger charge is -2.19. The van der Waals surface area contributed by atoms with E-state index in [1.807, 2.05) is 0 Å². The van der Waals surface area contributed by atoms with E-state index in [1.165, 1.54) is 15.9 Å². The fourth-order valence-electron chi connectivity index (χ4n) is 1.53. The maximum atomic E-state index is 12.9. The van der Waals surface area contributed by atoms with Crippen LogP contribution < -0.4 is 0 Å². The molecule has 0 aromatic heterocycles. The van der Waals surface area contributed by atoms with Gasteiger partial charge in [0, 0.05) is 40.3 Å². The molecule has 0 spiro atoms. The van der Waals surface area contributed by atoms with Crippen molar-refractivity contribution in [3.63, 3.8) is 0 Å². The number of hydrogen-bond donors (Lipinski definition) is 1. The number of carbonyl (C=O) groups excluding carboxylic acids is 2. The van der Waals surface area contributed by atoms with E-state index in [0.29, 0.717) is 0 Å². The summed E-state index contributed by atoms with van der Waals surface area (Å²) < 4.78 is 12.9. The molecule has 108 valence electrons. The zero-order valence-electron chi connectivity index (χ0n) is 11.8. The minimum atomic E-state index is -0.639. The molecule has 1 rings (SSSR count). The third-order valence-corrected chi connectivity index (χ3v) is 2.60. The number of hydrogen-bond acceptors (Lipinski definition) is 4. The third-order valence-electron chi connectivity index (χ3n) is 2.60. The number of nitrogens with zero attached hydrogens (tertiary/aromatic N) is 2. The van der Waals surface area contributed by atoms with Crippen LogP contribution in [0.25, 0.3) is 0 Å². The second-order valence-corrected chi connectivity index (χ2v) is 4.65. The van der Waals surface area contributed by atoms with E-state index in [9.17, 15) is 19.1 Å². The predicted molar refractivity (Wildman–Crippen MR) is 72.9 cm³/mol. The first-order chi connectivity index (χ1) is 9.23. The van der Waals surface area contributed by atoms with Crippen LogP contribution in [-0.2, 0) is 4.79 Å². The average molecular weight is 280 g/mol. The SMILES string of the molecule is CN(C)C(=O)/C(=C\C(=O)c1ccc(F)cc1O)N(C)C. The van der Waals surface area contributed by atoms with Crippen LogP contribution in [0, 0.1) is 5.82 Å². The molecule has 0 heterocycles. The average Bonchev–Trinajstić information content (AvgIpc) is 2.34. The lowest BCUT2D eigenvalue weighted by Crippen LogP contribution is -2.31. The largest absolute Gasteiger partial charge is 0.507 e. The highest BCUT2D eigenvalue weighted by Crippen LogP contribution is 2.19. The van der Waals surface area contributed by atoms with Crippen LogP contribution in [0.2, 0.25) is 0 Å². The molecule has 1 amide bonds. The summed E-state index contributed by atoms with van der Waals surface area (Å²) >= 11 is 0. The number of phenols is 1. The first kappa shape index (κ1) is 15.7. The monoisotopic (exact) mass is 280 g/mol. The summed E-state index contributed by atoms with van der Waals surface area (Å²) in [6, 6.07) is 3.10. The lowest BCUT2D eigenvalue weighted by atomic mass is 10.1. The molecule has 0 radical (unpaired) electrons. The Morgan fingerprint density at radius 1 is 1.15 bits per heavy atom. The van der Waals surface area contributed by atoms with Crippen LogP contribution in [0.1, 0.15) is 10.4 Å². The number of aromatic hydroxyl groups is 1. The van der Waals surface area contributed by atoms with Crippen molar-refractivity contribution in [2.45, 2.75) is 0 Å². The highest BCUT2D eigenvalue weighted by atomic mass is 19.1. The zero-order valence-corrected chi connectivity index (χ0v) is 11.8. The van der Waals surface area contributed by atoms with E-state index >= 15 is 0 Å². The maximum absolute atomic E-state index is 12.9. The third kappa shape index (κ3) is 3.57. The highest BCUT2D eigenvalue weighted by molar-refractivity contribution is 6.10. The molecule has 0 aliphatic heterocycles. The molecule has 0 aliphatic carbocycles. The van der Waals surface area contributed by atoms with E-state index in [-0.39, 0.29) is 17.2 Å². The van der Waals surface area contributed by atoms with Crippen LogP contribution in [0.5, 0.6) is 5.75 Å². The smallest absolute Gasteiger partial charge is 0.269 e. The van der Waals surface area contributed by atoms with Gasteiger partial charge in [-0.15, -0.1) is 0 Å². The predicted octanol–water partition coefficient (Wildman–Crippen LogP) is 1.25. The highest BCUT2D eigenvalue weighted by Gasteiger charge is 2.17. The van der Waals surface area contributed by atoms with Crippen LogP contribution in [0.15, 0.2) is 30.0 Å². The fraction of sp³-hybridized carbons (Fsp3) is 0.286.